The predicted molar refractivity (Wildman–Crippen MR) is 86.9 cm³/mol. The lowest BCUT2D eigenvalue weighted by Crippen LogP contribution is -2.29. The number of carbonyl (C=O) groups is 1. The van der Waals surface area contributed by atoms with E-state index >= 15 is 0 Å². The first-order valence-electron chi connectivity index (χ1n) is 7.94. The number of carbonyl (C=O) groups excluding carboxylic acids is 1. The van der Waals surface area contributed by atoms with Gasteiger partial charge < -0.3 is 14.0 Å². The molecule has 0 spiro atoms. The van der Waals surface area contributed by atoms with Gasteiger partial charge in [0.15, 0.2) is 0 Å². The number of esters is 1. The van der Waals surface area contributed by atoms with Gasteiger partial charge in [-0.2, -0.15) is 4.98 Å². The third kappa shape index (κ3) is 4.81. The Hall–Kier alpha value is -1.34. The van der Waals surface area contributed by atoms with Crippen molar-refractivity contribution in [3.8, 4) is 5.88 Å². The van der Waals surface area contributed by atoms with E-state index in [1.54, 1.807) is 6.92 Å². The van der Waals surface area contributed by atoms with E-state index in [9.17, 15) is 9.35 Å². The van der Waals surface area contributed by atoms with Crippen LogP contribution in [0.15, 0.2) is 11.4 Å². The number of hydrogen-bond acceptors (Lipinski definition) is 6. The van der Waals surface area contributed by atoms with Gasteiger partial charge >= 0.3 is 11.1 Å². The summed E-state index contributed by atoms with van der Waals surface area (Å²) in [7, 11) is 0. The fraction of sp³-hybridized carbons (Fsp3) is 0.688. The van der Waals surface area contributed by atoms with E-state index in [0.29, 0.717) is 11.8 Å². The average Bonchev–Trinajstić information content (AvgIpc) is 2.46. The quantitative estimate of drug-likeness (QED) is 0.465. The summed E-state index contributed by atoms with van der Waals surface area (Å²) in [5.41, 5.74) is 0.187. The van der Waals surface area contributed by atoms with Crippen LogP contribution in [0, 0.1) is 11.8 Å². The van der Waals surface area contributed by atoms with E-state index in [1.165, 1.54) is 18.9 Å². The molecule has 0 aliphatic heterocycles. The van der Waals surface area contributed by atoms with E-state index in [1.807, 2.05) is 0 Å². The maximum atomic E-state index is 12.1. The van der Waals surface area contributed by atoms with Crippen molar-refractivity contribution in [1.29, 1.82) is 0 Å². The van der Waals surface area contributed by atoms with Gasteiger partial charge in [-0.1, -0.05) is 13.8 Å². The predicted octanol–water partition coefficient (Wildman–Crippen LogP) is 2.59. The molecule has 128 valence electrons. The molecule has 7 heteroatoms. The van der Waals surface area contributed by atoms with Crippen molar-refractivity contribution in [1.82, 2.24) is 9.97 Å². The van der Waals surface area contributed by atoms with Crippen molar-refractivity contribution in [3.05, 3.63) is 11.8 Å². The van der Waals surface area contributed by atoms with Crippen LogP contribution >= 0.6 is 0 Å². The molecule has 0 radical (unpaired) electrons. The summed E-state index contributed by atoms with van der Waals surface area (Å²) in [6, 6.07) is 0. The van der Waals surface area contributed by atoms with Crippen LogP contribution < -0.4 is 4.74 Å². The van der Waals surface area contributed by atoms with Crippen molar-refractivity contribution >= 4 is 17.1 Å². The molecule has 3 unspecified atom stereocenters. The van der Waals surface area contributed by atoms with Crippen molar-refractivity contribution in [3.63, 3.8) is 0 Å². The minimum Gasteiger partial charge on any atom is -0.609 e. The van der Waals surface area contributed by atoms with Crippen LogP contribution in [-0.4, -0.2) is 39.5 Å². The summed E-state index contributed by atoms with van der Waals surface area (Å²) in [6.07, 6.45) is 5.84. The van der Waals surface area contributed by atoms with E-state index in [2.05, 4.69) is 23.8 Å². The molecule has 23 heavy (non-hydrogen) atoms. The van der Waals surface area contributed by atoms with Gasteiger partial charge in [-0.15, -0.1) is 4.98 Å². The third-order valence-electron chi connectivity index (χ3n) is 3.90. The Morgan fingerprint density at radius 1 is 1.35 bits per heavy atom. The van der Waals surface area contributed by atoms with Gasteiger partial charge in [0.05, 0.1) is 12.8 Å². The highest BCUT2D eigenvalue weighted by molar-refractivity contribution is 7.90. The lowest BCUT2D eigenvalue weighted by molar-refractivity contribution is 0.0505. The number of aromatic nitrogens is 2. The molecule has 1 aromatic rings. The summed E-state index contributed by atoms with van der Waals surface area (Å²) in [6.45, 7) is 6.39. The first kappa shape index (κ1) is 18.0. The van der Waals surface area contributed by atoms with E-state index in [4.69, 9.17) is 9.47 Å². The SMILES string of the molecule is CCOC(=O)c1cnc([S+](C)[O-])nc1OC1CC(C)CC(C)C1. The maximum absolute atomic E-state index is 12.1. The van der Waals surface area contributed by atoms with Gasteiger partial charge in [0.25, 0.3) is 0 Å². The Morgan fingerprint density at radius 2 is 2.00 bits per heavy atom. The molecule has 0 aromatic carbocycles. The zero-order valence-electron chi connectivity index (χ0n) is 14.1. The van der Waals surface area contributed by atoms with Crippen molar-refractivity contribution in [2.75, 3.05) is 12.9 Å². The summed E-state index contributed by atoms with van der Waals surface area (Å²) in [4.78, 5) is 20.2. The highest BCUT2D eigenvalue weighted by Gasteiger charge is 2.28. The van der Waals surface area contributed by atoms with E-state index < -0.39 is 17.1 Å². The molecule has 0 amide bonds. The molecule has 0 saturated heterocycles. The molecular weight excluding hydrogens is 316 g/mol. The Kier molecular flexibility index (Phi) is 6.24. The van der Waals surface area contributed by atoms with Gasteiger partial charge in [0.1, 0.15) is 17.9 Å². The fourth-order valence-corrected chi connectivity index (χ4v) is 3.47. The van der Waals surface area contributed by atoms with Crippen LogP contribution in [0.1, 0.15) is 50.4 Å². The van der Waals surface area contributed by atoms with Gasteiger partial charge in [-0.25, -0.2) is 4.79 Å². The standard InChI is InChI=1S/C16H24N2O4S/c1-5-21-15(19)13-9-17-16(23(4)20)18-14(13)22-12-7-10(2)6-11(3)8-12/h9-12H,5-8H2,1-4H3. The van der Waals surface area contributed by atoms with Crippen LogP contribution in [0.25, 0.3) is 0 Å². The molecule has 2 rings (SSSR count). The van der Waals surface area contributed by atoms with Gasteiger partial charge in [-0.05, 0) is 38.0 Å². The summed E-state index contributed by atoms with van der Waals surface area (Å²) < 4.78 is 22.6. The molecule has 1 saturated carbocycles. The van der Waals surface area contributed by atoms with Crippen LogP contribution in [0.3, 0.4) is 0 Å². The van der Waals surface area contributed by atoms with Crippen LogP contribution in [-0.2, 0) is 15.9 Å². The highest BCUT2D eigenvalue weighted by atomic mass is 32.2. The lowest BCUT2D eigenvalue weighted by Gasteiger charge is -2.31. The van der Waals surface area contributed by atoms with Crippen molar-refractivity contribution in [2.24, 2.45) is 11.8 Å². The van der Waals surface area contributed by atoms with E-state index in [0.717, 1.165) is 12.8 Å². The smallest absolute Gasteiger partial charge is 0.345 e. The monoisotopic (exact) mass is 340 g/mol. The highest BCUT2D eigenvalue weighted by Crippen LogP contribution is 2.32. The van der Waals surface area contributed by atoms with Crippen LogP contribution in [0.5, 0.6) is 5.88 Å². The molecule has 0 bridgehead atoms. The van der Waals surface area contributed by atoms with Crippen molar-refractivity contribution in [2.45, 2.75) is 51.3 Å². The molecule has 1 aromatic heterocycles. The fourth-order valence-electron chi connectivity index (χ4n) is 3.06. The summed E-state index contributed by atoms with van der Waals surface area (Å²) in [5, 5.41) is 0.157. The zero-order valence-corrected chi connectivity index (χ0v) is 14.9. The second-order valence-corrected chi connectivity index (χ2v) is 7.48. The topological polar surface area (TPSA) is 84.4 Å². The second kappa shape index (κ2) is 7.97. The number of nitrogens with zero attached hydrogens (tertiary/aromatic N) is 2. The molecule has 1 fully saturated rings. The molecular formula is C16H24N2O4S. The Labute approximate surface area is 140 Å². The third-order valence-corrected chi connectivity index (χ3v) is 4.61. The number of ether oxygens (including phenoxy) is 2. The zero-order chi connectivity index (χ0) is 17.0. The average molecular weight is 340 g/mol. The number of hydrogen-bond donors (Lipinski definition) is 0. The first-order valence-corrected chi connectivity index (χ1v) is 9.50. The number of rotatable bonds is 5. The van der Waals surface area contributed by atoms with Crippen LogP contribution in [0.2, 0.25) is 0 Å². The largest absolute Gasteiger partial charge is 0.609 e. The molecule has 1 aliphatic carbocycles. The Morgan fingerprint density at radius 3 is 2.57 bits per heavy atom. The van der Waals surface area contributed by atoms with E-state index in [-0.39, 0.29) is 29.3 Å². The summed E-state index contributed by atoms with van der Waals surface area (Å²) in [5.74, 6) is 0.788. The summed E-state index contributed by atoms with van der Waals surface area (Å²) >= 11 is -1.34. The Bertz CT molecular complexity index is 543. The minimum absolute atomic E-state index is 0.00466. The molecule has 0 N–H and O–H groups in total. The minimum atomic E-state index is -1.34. The second-order valence-electron chi connectivity index (χ2n) is 6.20. The lowest BCUT2D eigenvalue weighted by atomic mass is 9.82. The molecule has 3 atom stereocenters. The van der Waals surface area contributed by atoms with Gasteiger partial charge in [0.2, 0.25) is 5.88 Å². The molecule has 1 aliphatic rings. The first-order chi connectivity index (χ1) is 10.9. The van der Waals surface area contributed by atoms with Gasteiger partial charge in [0, 0.05) is 11.2 Å². The normalized spacial score (nSPS) is 25.7. The van der Waals surface area contributed by atoms with Gasteiger partial charge in [-0.3, -0.25) is 0 Å². The van der Waals surface area contributed by atoms with Crippen molar-refractivity contribution < 1.29 is 18.8 Å². The molecule has 6 nitrogen and oxygen atoms in total. The Balaban J connectivity index is 2.25. The maximum Gasteiger partial charge on any atom is 0.345 e. The molecule has 1 heterocycles. The van der Waals surface area contributed by atoms with Crippen LogP contribution in [0.4, 0.5) is 0 Å².